The Labute approximate surface area is 326 Å². The van der Waals surface area contributed by atoms with Crippen molar-refractivity contribution < 1.29 is 28.3 Å². The first-order valence-corrected chi connectivity index (χ1v) is 19.3. The molecule has 2 aromatic heterocycles. The fraction of sp³-hybridized carbons (Fsp3) is 0.341. The number of carbonyl (C=O) groups excluding carboxylic acids is 4. The van der Waals surface area contributed by atoms with Crippen LogP contribution in [-0.4, -0.2) is 92.6 Å². The van der Waals surface area contributed by atoms with E-state index in [-0.39, 0.29) is 41.7 Å². The maximum Gasteiger partial charge on any atom is 0.262 e. The second kappa shape index (κ2) is 15.0. The van der Waals surface area contributed by atoms with Crippen LogP contribution in [0.4, 0.5) is 15.9 Å². The van der Waals surface area contributed by atoms with Gasteiger partial charge >= 0.3 is 0 Å². The summed E-state index contributed by atoms with van der Waals surface area (Å²) in [7, 11) is 0. The van der Waals surface area contributed by atoms with Gasteiger partial charge in [0.2, 0.25) is 11.8 Å². The predicted molar refractivity (Wildman–Crippen MR) is 208 cm³/mol. The third-order valence-electron chi connectivity index (χ3n) is 11.4. The third-order valence-corrected chi connectivity index (χ3v) is 11.4. The number of nitrogens with two attached hydrogens (primary N) is 1. The van der Waals surface area contributed by atoms with Gasteiger partial charge in [-0.15, -0.1) is 0 Å². The first-order valence-electron chi connectivity index (χ1n) is 19.3. The number of rotatable bonds is 11. The van der Waals surface area contributed by atoms with Gasteiger partial charge in [0.25, 0.3) is 11.8 Å². The van der Waals surface area contributed by atoms with Gasteiger partial charge in [0.1, 0.15) is 41.2 Å². The Morgan fingerprint density at radius 2 is 1.51 bits per heavy atom. The van der Waals surface area contributed by atoms with Crippen molar-refractivity contribution in [2.45, 2.75) is 62.7 Å². The van der Waals surface area contributed by atoms with Gasteiger partial charge in [0.15, 0.2) is 5.65 Å². The van der Waals surface area contributed by atoms with Gasteiger partial charge in [-0.2, -0.15) is 5.10 Å². The monoisotopic (exact) mass is 772 g/mol. The number of nitrogens with zero attached hydrogens (tertiary/aromatic N) is 6. The van der Waals surface area contributed by atoms with Gasteiger partial charge in [-0.1, -0.05) is 18.2 Å². The van der Waals surface area contributed by atoms with Crippen molar-refractivity contribution in [3.8, 4) is 22.8 Å². The van der Waals surface area contributed by atoms with E-state index >= 15 is 4.39 Å². The average molecular weight is 773 g/mol. The average Bonchev–Trinajstić information content (AvgIpc) is 3.70. The number of aromatic nitrogens is 4. The normalized spacial score (nSPS) is 21.2. The number of amides is 4. The molecule has 4 amide bonds. The number of fused-ring (bicyclic) bond motifs is 2. The highest BCUT2D eigenvalue weighted by Gasteiger charge is 2.45. The van der Waals surface area contributed by atoms with Crippen LogP contribution in [-0.2, 0) is 9.59 Å². The molecule has 1 aliphatic carbocycles. The van der Waals surface area contributed by atoms with E-state index < -0.39 is 35.5 Å². The minimum absolute atomic E-state index is 0.0172. The summed E-state index contributed by atoms with van der Waals surface area (Å²) in [6.07, 6.45) is 5.36. The van der Waals surface area contributed by atoms with Gasteiger partial charge in [0.05, 0.1) is 28.2 Å². The zero-order valence-corrected chi connectivity index (χ0v) is 31.0. The van der Waals surface area contributed by atoms with Crippen LogP contribution in [0.25, 0.3) is 22.3 Å². The first kappa shape index (κ1) is 36.4. The van der Waals surface area contributed by atoms with Gasteiger partial charge in [-0.25, -0.2) is 19.0 Å². The molecular formula is C41H41FN10O5. The molecule has 57 heavy (non-hydrogen) atoms. The van der Waals surface area contributed by atoms with Crippen LogP contribution in [0.1, 0.15) is 65.3 Å². The molecular weight excluding hydrogens is 732 g/mol. The topological polar surface area (TPSA) is 190 Å². The Morgan fingerprint density at radius 3 is 2.23 bits per heavy atom. The summed E-state index contributed by atoms with van der Waals surface area (Å²) in [5.74, 6) is -1.26. The molecule has 0 unspecified atom stereocenters. The largest absolute Gasteiger partial charge is 0.457 e. The molecule has 3 fully saturated rings. The van der Waals surface area contributed by atoms with E-state index in [0.29, 0.717) is 24.9 Å². The van der Waals surface area contributed by atoms with Crippen molar-refractivity contribution in [1.29, 1.82) is 0 Å². The van der Waals surface area contributed by atoms with Crippen molar-refractivity contribution >= 4 is 46.2 Å². The Kier molecular flexibility index (Phi) is 9.58. The number of nitrogens with one attached hydrogen (secondary N) is 3. The highest BCUT2D eigenvalue weighted by Crippen LogP contribution is 2.37. The molecule has 2 saturated heterocycles. The number of ether oxygens (including phenoxy) is 1. The Balaban J connectivity index is 0.754. The van der Waals surface area contributed by atoms with Gasteiger partial charge < -0.3 is 26.0 Å². The van der Waals surface area contributed by atoms with Crippen molar-refractivity contribution in [3.05, 3.63) is 90.0 Å². The van der Waals surface area contributed by atoms with Crippen LogP contribution in [0.15, 0.2) is 73.1 Å². The van der Waals surface area contributed by atoms with Crippen LogP contribution in [0.3, 0.4) is 0 Å². The molecule has 3 aliphatic heterocycles. The SMILES string of the molecule is Nc1ncnc2c1c(-c1ccc(Oc3ccccc3)cc1)nn2[C@H]1CC[C@H](NCCNC2CN(c3cc4c(cc3F)C(=O)N([C@@H]3CCC(=O)NC3=O)C4=O)C2)CC1. The zero-order valence-electron chi connectivity index (χ0n) is 31.0. The van der Waals surface area contributed by atoms with Crippen molar-refractivity contribution in [1.82, 2.24) is 40.6 Å². The lowest BCUT2D eigenvalue weighted by Crippen LogP contribution is -2.59. The maximum atomic E-state index is 15.2. The molecule has 1 saturated carbocycles. The Bertz CT molecular complexity index is 2380. The Morgan fingerprint density at radius 1 is 0.825 bits per heavy atom. The second-order valence-corrected chi connectivity index (χ2v) is 15.0. The highest BCUT2D eigenvalue weighted by atomic mass is 19.1. The number of halogens is 1. The lowest BCUT2D eigenvalue weighted by atomic mass is 9.91. The van der Waals surface area contributed by atoms with Crippen molar-refractivity contribution in [2.75, 3.05) is 36.8 Å². The number of hydrogen-bond acceptors (Lipinski definition) is 12. The predicted octanol–water partition coefficient (Wildman–Crippen LogP) is 3.96. The van der Waals surface area contributed by atoms with Crippen LogP contribution in [0.5, 0.6) is 11.5 Å². The Hall–Kier alpha value is -6.26. The van der Waals surface area contributed by atoms with Crippen LogP contribution in [0.2, 0.25) is 0 Å². The van der Waals surface area contributed by atoms with E-state index in [1.54, 1.807) is 0 Å². The molecule has 1 atom stereocenters. The minimum atomic E-state index is -1.10. The molecule has 5 N–H and O–H groups in total. The first-order chi connectivity index (χ1) is 27.7. The van der Waals surface area contributed by atoms with Crippen molar-refractivity contribution in [2.24, 2.45) is 0 Å². The fourth-order valence-corrected chi connectivity index (χ4v) is 8.36. The van der Waals surface area contributed by atoms with E-state index in [9.17, 15) is 19.2 Å². The molecule has 15 nitrogen and oxygen atoms in total. The van der Waals surface area contributed by atoms with E-state index in [1.807, 2.05) is 64.2 Å². The van der Waals surface area contributed by atoms with Gasteiger partial charge in [-0.3, -0.25) is 29.4 Å². The van der Waals surface area contributed by atoms with Crippen LogP contribution < -0.4 is 31.3 Å². The molecule has 292 valence electrons. The van der Waals surface area contributed by atoms with E-state index in [0.717, 1.165) is 83.5 Å². The molecule has 4 aliphatic rings. The van der Waals surface area contributed by atoms with Crippen LogP contribution >= 0.6 is 0 Å². The fourth-order valence-electron chi connectivity index (χ4n) is 8.36. The summed E-state index contributed by atoms with van der Waals surface area (Å²) in [4.78, 5) is 61.8. The molecule has 5 aromatic rings. The quantitative estimate of drug-likeness (QED) is 0.112. The molecule has 3 aromatic carbocycles. The van der Waals surface area contributed by atoms with Gasteiger partial charge in [-0.05, 0) is 80.6 Å². The summed E-state index contributed by atoms with van der Waals surface area (Å²) >= 11 is 0. The summed E-state index contributed by atoms with van der Waals surface area (Å²) in [6.45, 7) is 2.59. The zero-order chi connectivity index (χ0) is 39.2. The lowest BCUT2D eigenvalue weighted by molar-refractivity contribution is -0.136. The maximum absolute atomic E-state index is 15.2. The standard InChI is InChI=1S/C41H41FN10O5/c42-31-18-29-30(41(56)51(40(29)55)32-14-15-34(53)48-39(32)54)19-33(31)50-20-25(21-50)45-17-16-44-24-8-10-26(11-9-24)52-38-35(37(43)46-22-47-38)36(49-52)23-6-12-28(13-7-23)57-27-4-2-1-3-5-27/h1-7,12-13,18-19,22,24-26,32,44-45H,8-11,14-17,20-21H2,(H2,43,46,47)(H,48,53,54)/t24-,26-,32-/m1/s1. The number of carbonyl (C=O) groups is 4. The summed E-state index contributed by atoms with van der Waals surface area (Å²) < 4.78 is 23.2. The van der Waals surface area contributed by atoms with Crippen molar-refractivity contribution in [3.63, 3.8) is 0 Å². The van der Waals surface area contributed by atoms with E-state index in [2.05, 4.69) is 25.9 Å². The molecule has 0 radical (unpaired) electrons. The van der Waals surface area contributed by atoms with E-state index in [1.165, 1.54) is 12.4 Å². The molecule has 0 bridgehead atoms. The summed E-state index contributed by atoms with van der Waals surface area (Å²) in [5, 5.41) is 15.2. The van der Waals surface area contributed by atoms with Gasteiger partial charge in [0, 0.05) is 50.2 Å². The number of anilines is 2. The number of nitrogen functional groups attached to an aromatic ring is 1. The molecule has 5 heterocycles. The lowest BCUT2D eigenvalue weighted by Gasteiger charge is -2.42. The number of para-hydroxylation sites is 1. The minimum Gasteiger partial charge on any atom is -0.457 e. The number of piperidine rings is 1. The second-order valence-electron chi connectivity index (χ2n) is 15.0. The number of imide groups is 2. The van der Waals surface area contributed by atoms with E-state index in [4.69, 9.17) is 15.6 Å². The molecule has 0 spiro atoms. The van der Waals surface area contributed by atoms with Crippen LogP contribution in [0, 0.1) is 5.82 Å². The molecule has 9 rings (SSSR count). The summed E-state index contributed by atoms with van der Waals surface area (Å²) in [6, 6.07) is 19.5. The molecule has 16 heteroatoms. The summed E-state index contributed by atoms with van der Waals surface area (Å²) in [5.41, 5.74) is 9.01. The highest BCUT2D eigenvalue weighted by molar-refractivity contribution is 6.23. The number of benzene rings is 3. The smallest absolute Gasteiger partial charge is 0.262 e. The number of hydrogen-bond donors (Lipinski definition) is 4. The third kappa shape index (κ3) is 6.95.